The predicted molar refractivity (Wildman–Crippen MR) is 477 cm³/mol. The van der Waals surface area contributed by atoms with Crippen LogP contribution in [-0.2, 0) is 112 Å². The second-order valence-corrected chi connectivity index (χ2v) is 34.6. The van der Waals surface area contributed by atoms with Crippen molar-refractivity contribution >= 4 is 140 Å². The molecule has 132 heavy (non-hydrogen) atoms. The number of H-pyrrole nitrogens is 3. The number of aromatic nitrogens is 4. The molecule has 45 heteroatoms. The number of rotatable bonds is 23. The van der Waals surface area contributed by atoms with E-state index in [-0.39, 0.29) is 101 Å². The van der Waals surface area contributed by atoms with E-state index in [0.29, 0.717) is 39.4 Å². The van der Waals surface area contributed by atoms with Crippen molar-refractivity contribution in [1.29, 1.82) is 0 Å². The van der Waals surface area contributed by atoms with Crippen LogP contribution in [0, 0.1) is 5.92 Å². The number of aliphatic hydroxyl groups is 2. The monoisotopic (exact) mass is 1850 g/mol. The van der Waals surface area contributed by atoms with Gasteiger partial charge in [0.25, 0.3) is 0 Å². The molecule has 9 rings (SSSR count). The number of amides is 17. The first-order chi connectivity index (χ1) is 62.7. The highest BCUT2D eigenvalue weighted by molar-refractivity contribution is 8.00. The quantitative estimate of drug-likeness (QED) is 0.0269. The number of carbonyl (C=O) groups is 18. The maximum Gasteiger partial charge on any atom is 0.305 e. The number of nitrogens with two attached hydrogens (primary N) is 3. The Bertz CT molecular complexity index is 5170. The van der Waals surface area contributed by atoms with Gasteiger partial charge in [-0.25, -0.2) is 4.98 Å². The lowest BCUT2D eigenvalue weighted by molar-refractivity contribution is -0.151. The summed E-state index contributed by atoms with van der Waals surface area (Å²) < 4.78 is 0. The second-order valence-electron chi connectivity index (χ2n) is 33.6. The number of phenols is 1. The van der Waals surface area contributed by atoms with Gasteiger partial charge < -0.3 is 130 Å². The van der Waals surface area contributed by atoms with E-state index in [0.717, 1.165) is 49.4 Å². The van der Waals surface area contributed by atoms with Gasteiger partial charge in [-0.2, -0.15) is 0 Å². The summed E-state index contributed by atoms with van der Waals surface area (Å²) in [5.41, 5.74) is 20.0. The van der Waals surface area contributed by atoms with Crippen molar-refractivity contribution in [2.75, 3.05) is 65.4 Å². The molecule has 3 aromatic heterocycles. The molecule has 23 N–H and O–H groups in total. The molecule has 2 unspecified atom stereocenters. The largest absolute Gasteiger partial charge is 0.508 e. The Kier molecular flexibility index (Phi) is 37.0. The van der Waals surface area contributed by atoms with Crippen LogP contribution in [0.5, 0.6) is 5.75 Å². The molecule has 0 radical (unpaired) electrons. The van der Waals surface area contributed by atoms with Gasteiger partial charge in [0, 0.05) is 106 Å². The molecular formula is C87H118N22O22S. The third kappa shape index (κ3) is 27.8. The number of aliphatic carboxylic acids is 1. The van der Waals surface area contributed by atoms with Crippen molar-refractivity contribution in [3.63, 3.8) is 0 Å². The van der Waals surface area contributed by atoms with Crippen molar-refractivity contribution in [3.8, 4) is 5.75 Å². The molecular weight excluding hydrogens is 1740 g/mol. The van der Waals surface area contributed by atoms with Crippen molar-refractivity contribution in [3.05, 3.63) is 120 Å². The Morgan fingerprint density at radius 3 is 1.79 bits per heavy atom. The Morgan fingerprint density at radius 1 is 0.568 bits per heavy atom. The number of aryl methyl sites for hydroxylation is 1. The highest BCUT2D eigenvalue weighted by atomic mass is 32.2. The van der Waals surface area contributed by atoms with E-state index in [2.05, 4.69) is 73.1 Å². The molecule has 0 spiro atoms. The van der Waals surface area contributed by atoms with Gasteiger partial charge in [0.2, 0.25) is 100 Å². The van der Waals surface area contributed by atoms with Gasteiger partial charge in [-0.15, -0.1) is 11.8 Å². The molecule has 3 aliphatic rings. The molecule has 3 aliphatic heterocycles. The van der Waals surface area contributed by atoms with Gasteiger partial charge in [0.15, 0.2) is 0 Å². The average Bonchev–Trinajstić information content (AvgIpc) is 1.78. The van der Waals surface area contributed by atoms with E-state index >= 15 is 33.6 Å². The number of aromatic hydroxyl groups is 1. The fraction of sp³-hybridized carbons (Fsp3) is 0.506. The lowest BCUT2D eigenvalue weighted by Crippen LogP contribution is -2.61. The van der Waals surface area contributed by atoms with Gasteiger partial charge in [0.05, 0.1) is 49.9 Å². The Balaban J connectivity index is 1.08. The summed E-state index contributed by atoms with van der Waals surface area (Å²) in [5.74, 6) is -20.5. The van der Waals surface area contributed by atoms with Crippen LogP contribution in [0.1, 0.15) is 114 Å². The fourth-order valence-corrected chi connectivity index (χ4v) is 16.9. The number of nitrogens with zero attached hydrogens (tertiary/aromatic N) is 6. The van der Waals surface area contributed by atoms with E-state index in [9.17, 15) is 73.2 Å². The van der Waals surface area contributed by atoms with Crippen LogP contribution in [0.25, 0.3) is 21.8 Å². The molecule has 3 fully saturated rings. The number of para-hydroxylation sites is 2. The predicted octanol–water partition coefficient (Wildman–Crippen LogP) is -4.56. The molecule has 3 saturated heterocycles. The average molecular weight is 1860 g/mol. The first kappa shape index (κ1) is 102. The molecule has 17 amide bonds. The van der Waals surface area contributed by atoms with E-state index in [1.165, 1.54) is 57.8 Å². The summed E-state index contributed by atoms with van der Waals surface area (Å²) in [6.07, 6.45) is 1.37. The molecule has 0 saturated carbocycles. The number of carboxylic acids is 1. The second kappa shape index (κ2) is 47.8. The van der Waals surface area contributed by atoms with Gasteiger partial charge >= 0.3 is 5.97 Å². The number of hydrogen-bond donors (Lipinski definition) is 20. The number of hydrogen-bond acceptors (Lipinski definition) is 24. The number of carboxylic acid groups (broad SMARTS) is 1. The standard InChI is InChI=1S/C87H118N22O22S/c1-45(2)29-60-86(130)109-40-53(112)33-69(109)82(126)98-58(26-23-49-36-92-56-17-10-8-15-54(49)56)77(121)103-64(41-110)79(123)102-62(31-50-37-93-57-18-11-9-16-55(50)57)84(128)106(6)67(19-12-13-27-88)87(131)107(7)68(35-73(116)117)81(125)96-46(3)74(118)104-65(76(120)94-39-71(90)114)42-132-43-72(115)97-61(30-48-21-24-52(111)25-22-48)83(127)105(5)47(4)75(119)100-63(34-70(89)113)85(129)108-28-14-20-66(108)80(124)99-59(78(122)101-60)32-51-38-91-44-95-51/h8-11,15-18,21-22,24-25,36-38,44-47,53,58-69,92-93,110-112H,12-14,19-20,23,26-35,39-43,88H2,1-7H3,(H2,89,113)(H2,90,114)(H,91,95)(H,94,120)(H,96,125)(H,97,115)(H,98,126)(H,99,124)(H,100,119)(H,101,122)(H,102,123)(H,103,121)(H,104,118)(H,116,117)/t46-,47?,53+,58+,59+,60-,61-,62-,63+,64-,65+,66-,67+,68+,69?/m0/s1. The summed E-state index contributed by atoms with van der Waals surface area (Å²) in [6.45, 7) is 3.44. The molecule has 15 atom stereocenters. The summed E-state index contributed by atoms with van der Waals surface area (Å²) in [4.78, 5) is 278. The van der Waals surface area contributed by atoms with Crippen LogP contribution >= 0.6 is 11.8 Å². The number of aromatic amines is 3. The maximum absolute atomic E-state index is 15.6. The molecule has 3 aromatic carbocycles. The van der Waals surface area contributed by atoms with Crippen LogP contribution in [0.2, 0.25) is 0 Å². The number of likely N-dealkylation sites (N-methyl/N-ethyl adjacent to an activating group) is 3. The van der Waals surface area contributed by atoms with Gasteiger partial charge in [-0.05, 0) is 119 Å². The van der Waals surface area contributed by atoms with Crippen LogP contribution in [0.3, 0.4) is 0 Å². The highest BCUT2D eigenvalue weighted by Crippen LogP contribution is 2.28. The topological polar surface area (TPSA) is 663 Å². The normalized spacial score (nSPS) is 25.1. The minimum absolute atomic E-state index is 0.0272. The van der Waals surface area contributed by atoms with Gasteiger partial charge in [-0.1, -0.05) is 62.4 Å². The SMILES string of the molecule is CC(C)C[C@@H]1NC(=O)[C@@H](Cc2c[nH]cn2)NC(=O)[C@@H]2CCCN2C(=O)[C@@H](CC(N)=O)NC(=O)C(C)N(C)C(=O)[C@H](Cc2ccc(O)cc2)NC(=O)CSC[C@H](C(=O)NCC(N)=O)NC(=O)[C@H](C)NC(=O)[C@@H](CC(=O)O)N(C)C(=O)[C@@H](CCCCN)N(C)C(=O)[C@H](Cc2c[nH]c3ccccc23)NC(=O)[C@H](CO)NC(=O)[C@@H](CCc2c[nH]c3ccccc23)NC(=O)C2C[C@@H](O)CN2C1=O. The first-order valence-corrected chi connectivity index (χ1v) is 44.5. The van der Waals surface area contributed by atoms with Crippen LogP contribution in [0.4, 0.5) is 0 Å². The van der Waals surface area contributed by atoms with E-state index in [1.54, 1.807) is 62.6 Å². The Morgan fingerprint density at radius 2 is 1.15 bits per heavy atom. The lowest BCUT2D eigenvalue weighted by atomic mass is 10.00. The number of aliphatic hydroxyl groups excluding tert-OH is 2. The molecule has 0 aliphatic carbocycles. The smallest absolute Gasteiger partial charge is 0.305 e. The first-order valence-electron chi connectivity index (χ1n) is 43.4. The molecule has 0 bridgehead atoms. The zero-order valence-corrected chi connectivity index (χ0v) is 75.1. The number of nitrogens with one attached hydrogen (secondary N) is 13. The van der Waals surface area contributed by atoms with Gasteiger partial charge in [0.1, 0.15) is 90.3 Å². The minimum Gasteiger partial charge on any atom is -0.508 e. The summed E-state index contributed by atoms with van der Waals surface area (Å²) in [6, 6.07) is -3.47. The van der Waals surface area contributed by atoms with Crippen molar-refractivity contribution in [2.24, 2.45) is 23.1 Å². The van der Waals surface area contributed by atoms with E-state index < -0.39 is 248 Å². The number of thioether (sulfide) groups is 1. The van der Waals surface area contributed by atoms with E-state index in [4.69, 9.17) is 17.2 Å². The number of unbranched alkanes of at least 4 members (excludes halogenated alkanes) is 1. The lowest BCUT2D eigenvalue weighted by Gasteiger charge is -2.36. The zero-order valence-electron chi connectivity index (χ0n) is 74.3. The van der Waals surface area contributed by atoms with Gasteiger partial charge in [-0.3, -0.25) is 86.3 Å². The summed E-state index contributed by atoms with van der Waals surface area (Å²) in [7, 11) is 3.48. The third-order valence-corrected chi connectivity index (χ3v) is 24.4. The van der Waals surface area contributed by atoms with Crippen molar-refractivity contribution in [1.82, 2.24) is 97.6 Å². The number of imidazole rings is 1. The fourth-order valence-electron chi connectivity index (χ4n) is 16.1. The zero-order chi connectivity index (χ0) is 96.5. The number of fused-ring (bicyclic) bond motifs is 4. The summed E-state index contributed by atoms with van der Waals surface area (Å²) in [5, 5.41) is 70.0. The highest BCUT2D eigenvalue weighted by Gasteiger charge is 2.47. The molecule has 6 aromatic rings. The summed E-state index contributed by atoms with van der Waals surface area (Å²) >= 11 is 0.710. The molecule has 44 nitrogen and oxygen atoms in total. The number of carbonyl (C=O) groups excluding carboxylic acids is 17. The van der Waals surface area contributed by atoms with Crippen molar-refractivity contribution in [2.45, 2.75) is 208 Å². The number of benzene rings is 3. The Hall–Kier alpha value is -13.6. The number of phenolic OH excluding ortho intramolecular Hbond substituents is 1. The third-order valence-electron chi connectivity index (χ3n) is 23.4. The van der Waals surface area contributed by atoms with Crippen LogP contribution in [0.15, 0.2) is 97.7 Å². The molecule has 6 heterocycles. The molecule has 714 valence electrons. The number of primary amides is 2. The van der Waals surface area contributed by atoms with E-state index in [1.807, 2.05) is 12.1 Å². The van der Waals surface area contributed by atoms with Crippen LogP contribution < -0.4 is 70.4 Å². The van der Waals surface area contributed by atoms with Crippen molar-refractivity contribution < 1.29 is 107 Å². The minimum atomic E-state index is -1.97. The Labute approximate surface area is 763 Å². The maximum atomic E-state index is 15.6. The van der Waals surface area contributed by atoms with Crippen LogP contribution in [-0.4, -0.2) is 327 Å².